The molecule has 0 fully saturated rings. The summed E-state index contributed by atoms with van der Waals surface area (Å²) in [5, 5.41) is 0. The van der Waals surface area contributed by atoms with Crippen molar-refractivity contribution < 1.29 is 0 Å². The normalized spacial score (nSPS) is 16.6. The minimum absolute atomic E-state index is 0.337. The monoisotopic (exact) mass is 656 g/mol. The summed E-state index contributed by atoms with van der Waals surface area (Å²) in [4.78, 5) is 16.9. The van der Waals surface area contributed by atoms with Gasteiger partial charge in [0.15, 0.2) is 0 Å². The lowest BCUT2D eigenvalue weighted by molar-refractivity contribution is 0.574. The molecule has 4 aromatic carbocycles. The van der Waals surface area contributed by atoms with Crippen LogP contribution < -0.4 is 0 Å². The van der Waals surface area contributed by atoms with Crippen molar-refractivity contribution in [3.05, 3.63) is 188 Å². The van der Waals surface area contributed by atoms with E-state index in [-0.39, 0.29) is 0 Å². The Morgan fingerprint density at radius 2 is 1.12 bits per heavy atom. The van der Waals surface area contributed by atoms with Crippen LogP contribution in [-0.4, -0.2) is 20.7 Å². The minimum Gasteiger partial charge on any atom is -0.361 e. The van der Waals surface area contributed by atoms with Crippen LogP contribution in [0.2, 0.25) is 0 Å². The smallest absolute Gasteiger partial charge is 0.0487 e. The molecule has 7 aromatic rings. The van der Waals surface area contributed by atoms with Crippen molar-refractivity contribution in [3.63, 3.8) is 0 Å². The third kappa shape index (κ3) is 6.40. The molecule has 3 aromatic heterocycles. The second kappa shape index (κ2) is 13.5. The first-order chi connectivity index (χ1) is 25.2. The maximum atomic E-state index is 4.59. The minimum atomic E-state index is 0.337. The Bertz CT molecular complexity index is 2360. The number of allylic oxidation sites excluding steroid dienone is 3. The topological polar surface area (TPSA) is 53.9 Å². The van der Waals surface area contributed by atoms with Crippen LogP contribution in [0.1, 0.15) is 29.9 Å². The van der Waals surface area contributed by atoms with Gasteiger partial charge in [0.2, 0.25) is 0 Å². The van der Waals surface area contributed by atoms with Gasteiger partial charge in [-0.05, 0) is 129 Å². The van der Waals surface area contributed by atoms with Gasteiger partial charge in [0.1, 0.15) is 0 Å². The fourth-order valence-corrected chi connectivity index (χ4v) is 7.50. The van der Waals surface area contributed by atoms with Crippen LogP contribution in [0.25, 0.3) is 61.3 Å². The van der Waals surface area contributed by atoms with Gasteiger partial charge in [-0.15, -0.1) is 0 Å². The molecule has 2 atom stereocenters. The number of aromatic amines is 1. The lowest BCUT2D eigenvalue weighted by Gasteiger charge is -2.30. The Hall–Kier alpha value is -6.39. The number of nitrogens with zero attached hydrogens (tertiary/aromatic N) is 3. The van der Waals surface area contributed by atoms with E-state index in [1.165, 1.54) is 33.5 Å². The molecule has 51 heavy (non-hydrogen) atoms. The predicted octanol–water partition coefficient (Wildman–Crippen LogP) is 11.7. The number of aromatic nitrogens is 3. The zero-order valence-electron chi connectivity index (χ0n) is 28.2. The van der Waals surface area contributed by atoms with E-state index in [1.54, 1.807) is 0 Å². The average Bonchev–Trinajstić information content (AvgIpc) is 3.69. The predicted molar refractivity (Wildman–Crippen MR) is 210 cm³/mol. The summed E-state index contributed by atoms with van der Waals surface area (Å²) in [6.07, 6.45) is 18.2. The summed E-state index contributed by atoms with van der Waals surface area (Å²) < 4.78 is 0. The maximum Gasteiger partial charge on any atom is 0.0487 e. The largest absolute Gasteiger partial charge is 0.361 e. The number of hydrogen-bond acceptors (Lipinski definition) is 3. The summed E-state index contributed by atoms with van der Waals surface area (Å²) in [5.74, 6) is 0.803. The highest BCUT2D eigenvalue weighted by molar-refractivity contribution is 6.03. The summed E-state index contributed by atoms with van der Waals surface area (Å²) in [6.45, 7) is 0. The van der Waals surface area contributed by atoms with Gasteiger partial charge in [0.05, 0.1) is 0 Å². The maximum absolute atomic E-state index is 4.59. The molecular weight excluding hydrogens is 621 g/mol. The van der Waals surface area contributed by atoms with Gasteiger partial charge in [0.25, 0.3) is 0 Å². The van der Waals surface area contributed by atoms with E-state index in [9.17, 15) is 0 Å². The lowest BCUT2D eigenvalue weighted by Crippen LogP contribution is -2.21. The SMILES string of the molecule is C1=CC(C2C=C(c3cccc(-c4c[nH]c(-c5cccc(-c6cc(-c7cccnc7)cc(-c7cccnc7)c6)c5)c4)c3)CC(c3ccccc3)C2)=N1. The first-order valence-corrected chi connectivity index (χ1v) is 17.6. The molecule has 9 rings (SSSR count). The highest BCUT2D eigenvalue weighted by Crippen LogP contribution is 2.42. The summed E-state index contributed by atoms with van der Waals surface area (Å²) >= 11 is 0. The number of aliphatic imine (C=N–C) groups is 1. The van der Waals surface area contributed by atoms with E-state index in [2.05, 4.69) is 154 Å². The molecule has 0 saturated heterocycles. The third-order valence-corrected chi connectivity index (χ3v) is 10.2. The number of H-pyrrole nitrogens is 1. The first kappa shape index (κ1) is 30.7. The van der Waals surface area contributed by atoms with Gasteiger partial charge >= 0.3 is 0 Å². The third-order valence-electron chi connectivity index (χ3n) is 10.2. The van der Waals surface area contributed by atoms with Crippen molar-refractivity contribution in [1.29, 1.82) is 0 Å². The van der Waals surface area contributed by atoms with E-state index >= 15 is 0 Å². The second-order valence-electron chi connectivity index (χ2n) is 13.5. The van der Waals surface area contributed by atoms with Gasteiger partial charge in [-0.3, -0.25) is 15.0 Å². The van der Waals surface area contributed by atoms with E-state index in [1.807, 2.05) is 43.1 Å². The van der Waals surface area contributed by atoms with E-state index < -0.39 is 0 Å². The second-order valence-corrected chi connectivity index (χ2v) is 13.5. The van der Waals surface area contributed by atoms with Crippen molar-refractivity contribution >= 4 is 11.3 Å². The Kier molecular flexibility index (Phi) is 8.11. The highest BCUT2D eigenvalue weighted by Gasteiger charge is 2.28. The molecule has 2 unspecified atom stereocenters. The van der Waals surface area contributed by atoms with Crippen molar-refractivity contribution in [2.24, 2.45) is 10.9 Å². The van der Waals surface area contributed by atoms with E-state index in [0.29, 0.717) is 11.8 Å². The van der Waals surface area contributed by atoms with Crippen LogP contribution in [-0.2, 0) is 0 Å². The van der Waals surface area contributed by atoms with Crippen LogP contribution in [0.4, 0.5) is 0 Å². The molecule has 1 aliphatic carbocycles. The molecule has 244 valence electrons. The van der Waals surface area contributed by atoms with Crippen molar-refractivity contribution in [2.75, 3.05) is 0 Å². The molecular formula is C47H36N4. The highest BCUT2D eigenvalue weighted by atomic mass is 14.8. The number of benzene rings is 4. The van der Waals surface area contributed by atoms with E-state index in [0.717, 1.165) is 57.5 Å². The van der Waals surface area contributed by atoms with Gasteiger partial charge < -0.3 is 4.98 Å². The molecule has 2 aliphatic rings. The van der Waals surface area contributed by atoms with Crippen LogP contribution in [0, 0.1) is 5.92 Å². The summed E-state index contributed by atoms with van der Waals surface area (Å²) in [7, 11) is 0. The van der Waals surface area contributed by atoms with Crippen molar-refractivity contribution in [1.82, 2.24) is 15.0 Å². The summed E-state index contributed by atoms with van der Waals surface area (Å²) in [6, 6.07) is 45.9. The van der Waals surface area contributed by atoms with Gasteiger partial charge in [0, 0.05) is 65.6 Å². The van der Waals surface area contributed by atoms with Crippen LogP contribution in [0.15, 0.2) is 182 Å². The molecule has 1 aliphatic heterocycles. The molecule has 0 radical (unpaired) electrons. The molecule has 4 heteroatoms. The fraction of sp³-hybridized carbons (Fsp3) is 0.0851. The fourth-order valence-electron chi connectivity index (χ4n) is 7.50. The molecule has 0 spiro atoms. The van der Waals surface area contributed by atoms with E-state index in [4.69, 9.17) is 0 Å². The zero-order chi connectivity index (χ0) is 34.0. The van der Waals surface area contributed by atoms with Gasteiger partial charge in [-0.2, -0.15) is 0 Å². The van der Waals surface area contributed by atoms with Crippen LogP contribution in [0.3, 0.4) is 0 Å². The molecule has 4 nitrogen and oxygen atoms in total. The van der Waals surface area contributed by atoms with Gasteiger partial charge in [-0.25, -0.2) is 0 Å². The van der Waals surface area contributed by atoms with Crippen LogP contribution in [0.5, 0.6) is 0 Å². The Balaban J connectivity index is 1.02. The number of hydrogen-bond donors (Lipinski definition) is 1. The molecule has 0 amide bonds. The zero-order valence-corrected chi connectivity index (χ0v) is 28.2. The average molecular weight is 657 g/mol. The summed E-state index contributed by atoms with van der Waals surface area (Å²) in [5.41, 5.74) is 16.6. The van der Waals surface area contributed by atoms with Crippen molar-refractivity contribution in [3.8, 4) is 55.8 Å². The lowest BCUT2D eigenvalue weighted by atomic mass is 9.75. The molecule has 0 saturated carbocycles. The standard InChI is InChI=1S/C47H36N4/c1-2-8-32(9-3-1)39-22-41(27-44(26-39)46-16-19-50-46)33-10-4-12-35(20-33)45-28-47(51-31-45)36-13-5-11-34(21-36)40-23-42(37-14-6-17-48-29-37)25-43(24-40)38-15-7-18-49-30-38/h1-21,23-25,27-31,39,44,51H,22,26H2. The quantitative estimate of drug-likeness (QED) is 0.177. The Morgan fingerprint density at radius 1 is 0.529 bits per heavy atom. The Labute approximate surface area is 298 Å². The number of rotatable bonds is 8. The van der Waals surface area contributed by atoms with Gasteiger partial charge in [-0.1, -0.05) is 84.9 Å². The Morgan fingerprint density at radius 3 is 1.76 bits per heavy atom. The molecule has 0 bridgehead atoms. The number of pyridine rings is 2. The first-order valence-electron chi connectivity index (χ1n) is 17.6. The van der Waals surface area contributed by atoms with Crippen LogP contribution >= 0.6 is 0 Å². The number of nitrogens with one attached hydrogen (secondary N) is 1. The van der Waals surface area contributed by atoms with Crippen molar-refractivity contribution in [2.45, 2.75) is 18.8 Å². The molecule has 1 N–H and O–H groups in total. The molecule has 4 heterocycles.